The van der Waals surface area contributed by atoms with E-state index in [1.807, 2.05) is 0 Å². The molecule has 0 aromatic heterocycles. The summed E-state index contributed by atoms with van der Waals surface area (Å²) in [7, 11) is 1.52. The van der Waals surface area contributed by atoms with Crippen LogP contribution in [0.15, 0.2) is 42.5 Å². The summed E-state index contributed by atoms with van der Waals surface area (Å²) in [6, 6.07) is 10.7. The van der Waals surface area contributed by atoms with Crippen LogP contribution >= 0.6 is 0 Å². The number of benzene rings is 2. The lowest BCUT2D eigenvalue weighted by Crippen LogP contribution is -2.40. The predicted molar refractivity (Wildman–Crippen MR) is 89.0 cm³/mol. The number of ether oxygens (including phenoxy) is 2. The fourth-order valence-corrected chi connectivity index (χ4v) is 2.82. The van der Waals surface area contributed by atoms with Gasteiger partial charge in [-0.05, 0) is 31.2 Å². The van der Waals surface area contributed by atoms with E-state index in [1.54, 1.807) is 37.3 Å². The van der Waals surface area contributed by atoms with E-state index in [4.69, 9.17) is 9.47 Å². The molecule has 5 nitrogen and oxygen atoms in total. The second kappa shape index (κ2) is 7.03. The highest BCUT2D eigenvalue weighted by atomic mass is 19.1. The molecule has 6 heteroatoms. The molecule has 1 atom stereocenters. The number of carbonyl (C=O) groups excluding carboxylic acids is 2. The zero-order chi connectivity index (χ0) is 18.0. The van der Waals surface area contributed by atoms with E-state index in [2.05, 4.69) is 0 Å². The van der Waals surface area contributed by atoms with Gasteiger partial charge in [0.05, 0.1) is 23.8 Å². The van der Waals surface area contributed by atoms with Crippen molar-refractivity contribution in [2.24, 2.45) is 0 Å². The van der Waals surface area contributed by atoms with Gasteiger partial charge in [0.15, 0.2) is 0 Å². The van der Waals surface area contributed by atoms with Crippen LogP contribution in [-0.4, -0.2) is 36.5 Å². The molecule has 2 aromatic rings. The molecule has 0 spiro atoms. The molecule has 0 aliphatic carbocycles. The van der Waals surface area contributed by atoms with Gasteiger partial charge < -0.3 is 9.47 Å². The molecule has 0 fully saturated rings. The van der Waals surface area contributed by atoms with Gasteiger partial charge in [-0.3, -0.25) is 14.5 Å². The average molecular weight is 343 g/mol. The van der Waals surface area contributed by atoms with Crippen molar-refractivity contribution in [3.8, 4) is 5.75 Å². The van der Waals surface area contributed by atoms with E-state index >= 15 is 0 Å². The lowest BCUT2D eigenvalue weighted by atomic mass is 10.1. The average Bonchev–Trinajstić information content (AvgIpc) is 2.85. The number of methoxy groups -OCH3 is 1. The maximum Gasteiger partial charge on any atom is 0.262 e. The first-order valence-corrected chi connectivity index (χ1v) is 7.90. The maximum absolute atomic E-state index is 13.6. The minimum absolute atomic E-state index is 0.0391. The highest BCUT2D eigenvalue weighted by Gasteiger charge is 2.38. The molecule has 2 aromatic carbocycles. The van der Waals surface area contributed by atoms with E-state index in [9.17, 15) is 14.0 Å². The van der Waals surface area contributed by atoms with Crippen LogP contribution in [0.25, 0.3) is 0 Å². The number of hydrogen-bond donors (Lipinski definition) is 0. The van der Waals surface area contributed by atoms with Crippen LogP contribution in [0.5, 0.6) is 5.75 Å². The number of imide groups is 1. The Hall–Kier alpha value is -2.73. The van der Waals surface area contributed by atoms with Crippen molar-refractivity contribution in [3.63, 3.8) is 0 Å². The van der Waals surface area contributed by atoms with Gasteiger partial charge in [0.2, 0.25) is 0 Å². The molecular formula is C19H18FNO4. The number of halogens is 1. The molecule has 0 N–H and O–H groups in total. The smallest absolute Gasteiger partial charge is 0.262 e. The highest BCUT2D eigenvalue weighted by Crippen LogP contribution is 2.28. The quantitative estimate of drug-likeness (QED) is 0.757. The first-order valence-electron chi connectivity index (χ1n) is 7.90. The van der Waals surface area contributed by atoms with Gasteiger partial charge in [0.25, 0.3) is 11.8 Å². The van der Waals surface area contributed by atoms with Crippen molar-refractivity contribution in [1.29, 1.82) is 0 Å². The molecule has 0 saturated carbocycles. The summed E-state index contributed by atoms with van der Waals surface area (Å²) in [6.45, 7) is 2.06. The number of amides is 2. The summed E-state index contributed by atoms with van der Waals surface area (Å²) in [5.74, 6) is -0.662. The Morgan fingerprint density at radius 1 is 1.08 bits per heavy atom. The molecule has 1 aliphatic heterocycles. The molecule has 0 bridgehead atoms. The third kappa shape index (κ3) is 3.25. The molecule has 1 heterocycles. The van der Waals surface area contributed by atoms with Crippen LogP contribution in [0, 0.1) is 5.82 Å². The Morgan fingerprint density at radius 3 is 2.52 bits per heavy atom. The van der Waals surface area contributed by atoms with Crippen LogP contribution in [-0.2, 0) is 11.3 Å². The topological polar surface area (TPSA) is 55.8 Å². The second-order valence-corrected chi connectivity index (χ2v) is 5.87. The van der Waals surface area contributed by atoms with Crippen molar-refractivity contribution in [2.75, 3.05) is 13.7 Å². The zero-order valence-corrected chi connectivity index (χ0v) is 14.0. The van der Waals surface area contributed by atoms with Crippen LogP contribution in [0.4, 0.5) is 4.39 Å². The normalized spacial score (nSPS) is 14.6. The summed E-state index contributed by atoms with van der Waals surface area (Å²) < 4.78 is 24.2. The van der Waals surface area contributed by atoms with E-state index in [1.165, 1.54) is 24.1 Å². The number of rotatable bonds is 6. The summed E-state index contributed by atoms with van der Waals surface area (Å²) >= 11 is 0. The standard InChI is InChI=1S/C19H18FNO4/c1-12(10-24-2)21-18(22)15-8-7-14(9-16(15)19(21)23)25-11-13-5-3-4-6-17(13)20/h3-9,12H,10-11H2,1-2H3/t12-/m0/s1. The monoisotopic (exact) mass is 343 g/mol. The van der Waals surface area contributed by atoms with Crippen molar-refractivity contribution in [2.45, 2.75) is 19.6 Å². The van der Waals surface area contributed by atoms with E-state index < -0.39 is 0 Å². The van der Waals surface area contributed by atoms with Gasteiger partial charge in [0.1, 0.15) is 18.2 Å². The Morgan fingerprint density at radius 2 is 1.80 bits per heavy atom. The third-order valence-electron chi connectivity index (χ3n) is 4.09. The predicted octanol–water partition coefficient (Wildman–Crippen LogP) is 3.04. The first kappa shape index (κ1) is 17.1. The summed E-state index contributed by atoms with van der Waals surface area (Å²) in [6.07, 6.45) is 0. The van der Waals surface area contributed by atoms with Crippen LogP contribution in [0.1, 0.15) is 33.2 Å². The highest BCUT2D eigenvalue weighted by molar-refractivity contribution is 6.21. The summed E-state index contributed by atoms with van der Waals surface area (Å²) in [5, 5.41) is 0. The number of fused-ring (bicyclic) bond motifs is 1. The Bertz CT molecular complexity index is 821. The molecule has 0 radical (unpaired) electrons. The molecule has 0 unspecified atom stereocenters. The van der Waals surface area contributed by atoms with E-state index in [-0.39, 0.29) is 36.9 Å². The first-order chi connectivity index (χ1) is 12.0. The van der Waals surface area contributed by atoms with Crippen molar-refractivity contribution in [3.05, 3.63) is 65.0 Å². The fourth-order valence-electron chi connectivity index (χ4n) is 2.82. The summed E-state index contributed by atoms with van der Waals surface area (Å²) in [4.78, 5) is 26.1. The number of carbonyl (C=O) groups is 2. The lowest BCUT2D eigenvalue weighted by molar-refractivity contribution is 0.0497. The summed E-state index contributed by atoms with van der Waals surface area (Å²) in [5.41, 5.74) is 1.05. The van der Waals surface area contributed by atoms with E-state index in [0.717, 1.165) is 0 Å². The lowest BCUT2D eigenvalue weighted by Gasteiger charge is -2.21. The molecule has 3 rings (SSSR count). The Labute approximate surface area is 145 Å². The molecular weight excluding hydrogens is 325 g/mol. The molecule has 25 heavy (non-hydrogen) atoms. The van der Waals surface area contributed by atoms with Gasteiger partial charge >= 0.3 is 0 Å². The number of nitrogens with zero attached hydrogens (tertiary/aromatic N) is 1. The molecule has 130 valence electrons. The van der Waals surface area contributed by atoms with Gasteiger partial charge in [-0.2, -0.15) is 0 Å². The fraction of sp³-hybridized carbons (Fsp3) is 0.263. The van der Waals surface area contributed by atoms with Gasteiger partial charge in [0, 0.05) is 12.7 Å². The molecule has 2 amide bonds. The van der Waals surface area contributed by atoms with Crippen LogP contribution < -0.4 is 4.74 Å². The van der Waals surface area contributed by atoms with Crippen molar-refractivity contribution in [1.82, 2.24) is 4.90 Å². The van der Waals surface area contributed by atoms with Crippen molar-refractivity contribution < 1.29 is 23.5 Å². The molecule has 0 saturated heterocycles. The van der Waals surface area contributed by atoms with Gasteiger partial charge in [-0.15, -0.1) is 0 Å². The Kier molecular flexibility index (Phi) is 4.81. The second-order valence-electron chi connectivity index (χ2n) is 5.87. The van der Waals surface area contributed by atoms with Gasteiger partial charge in [-0.25, -0.2) is 4.39 Å². The SMILES string of the molecule is COC[C@H](C)N1C(=O)c2ccc(OCc3ccccc3F)cc2C1=O. The molecule has 1 aliphatic rings. The third-order valence-corrected chi connectivity index (χ3v) is 4.09. The zero-order valence-electron chi connectivity index (χ0n) is 14.0. The van der Waals surface area contributed by atoms with Crippen LogP contribution in [0.3, 0.4) is 0 Å². The maximum atomic E-state index is 13.6. The Balaban J connectivity index is 1.79. The van der Waals surface area contributed by atoms with Gasteiger partial charge in [-0.1, -0.05) is 18.2 Å². The largest absolute Gasteiger partial charge is 0.489 e. The number of hydrogen-bond acceptors (Lipinski definition) is 4. The minimum atomic E-state index is -0.374. The van der Waals surface area contributed by atoms with E-state index in [0.29, 0.717) is 22.4 Å². The minimum Gasteiger partial charge on any atom is -0.489 e. The van der Waals surface area contributed by atoms with Crippen LogP contribution in [0.2, 0.25) is 0 Å². The van der Waals surface area contributed by atoms with Crippen molar-refractivity contribution >= 4 is 11.8 Å².